The van der Waals surface area contributed by atoms with Gasteiger partial charge in [-0.15, -0.1) is 0 Å². The molecule has 0 radical (unpaired) electrons. The third-order valence-electron chi connectivity index (χ3n) is 5.60. The molecular weight excluding hydrogens is 330 g/mol. The molecule has 0 saturated carbocycles. The first-order valence-electron chi connectivity index (χ1n) is 9.36. The molecule has 1 amide bonds. The highest BCUT2D eigenvalue weighted by Crippen LogP contribution is 2.30. The highest BCUT2D eigenvalue weighted by molar-refractivity contribution is 5.94. The third-order valence-corrected chi connectivity index (χ3v) is 5.60. The van der Waals surface area contributed by atoms with Crippen LogP contribution in [0.5, 0.6) is 0 Å². The predicted molar refractivity (Wildman–Crippen MR) is 94.9 cm³/mol. The molecule has 1 fully saturated rings. The van der Waals surface area contributed by atoms with E-state index >= 15 is 0 Å². The number of hydrogen-bond donors (Lipinski definition) is 1. The maximum Gasteiger partial charge on any atom is 0.276 e. The summed E-state index contributed by atoms with van der Waals surface area (Å²) in [5.41, 5.74) is 3.37. The number of amides is 1. The topological polar surface area (TPSA) is 87.9 Å². The number of likely N-dealkylation sites (tertiary alicyclic amines) is 1. The summed E-state index contributed by atoms with van der Waals surface area (Å²) in [5, 5.41) is 12.1. The van der Waals surface area contributed by atoms with E-state index < -0.39 is 0 Å². The van der Waals surface area contributed by atoms with Crippen molar-refractivity contribution in [3.8, 4) is 0 Å². The third kappa shape index (κ3) is 2.58. The summed E-state index contributed by atoms with van der Waals surface area (Å²) in [5.74, 6) is 1.15. The second-order valence-corrected chi connectivity index (χ2v) is 7.27. The maximum absolute atomic E-state index is 13.0. The molecule has 134 valence electrons. The summed E-state index contributed by atoms with van der Waals surface area (Å²) in [6.45, 7) is 1.44. The van der Waals surface area contributed by atoms with E-state index in [1.807, 2.05) is 11.0 Å². The van der Waals surface area contributed by atoms with Gasteiger partial charge in [0.05, 0.1) is 6.20 Å². The van der Waals surface area contributed by atoms with E-state index in [9.17, 15) is 4.79 Å². The van der Waals surface area contributed by atoms with Crippen molar-refractivity contribution in [2.24, 2.45) is 0 Å². The van der Waals surface area contributed by atoms with Crippen LogP contribution in [0.1, 0.15) is 59.1 Å². The minimum atomic E-state index is 0.00391. The Kier molecular flexibility index (Phi) is 3.72. The number of nitrogens with zero attached hydrogens (tertiary/aromatic N) is 4. The van der Waals surface area contributed by atoms with Gasteiger partial charge in [0, 0.05) is 42.1 Å². The first-order chi connectivity index (χ1) is 12.8. The Hall–Kier alpha value is -2.70. The zero-order chi connectivity index (χ0) is 17.5. The number of carbonyl (C=O) groups excluding carboxylic acids is 1. The fraction of sp³-hybridized carbons (Fsp3) is 0.474. The van der Waals surface area contributed by atoms with Gasteiger partial charge < -0.3 is 9.42 Å². The number of H-pyrrole nitrogens is 1. The van der Waals surface area contributed by atoms with Gasteiger partial charge in [-0.25, -0.2) is 4.98 Å². The summed E-state index contributed by atoms with van der Waals surface area (Å²) < 4.78 is 5.43. The number of piperidine rings is 1. The standard InChI is InChI=1S/C19H21N5O2/c25-19(17-14-5-1-2-6-16(14)26-23-17)24-9-3-4-13(11-24)15-8-7-12-10-20-22-18(12)21-15/h7-8,10,13H,1-6,9,11H2,(H,20,21,22)/t13-/m0/s1. The van der Waals surface area contributed by atoms with Crippen LogP contribution in [0.4, 0.5) is 0 Å². The molecular formula is C19H21N5O2. The van der Waals surface area contributed by atoms with E-state index in [0.29, 0.717) is 12.2 Å². The molecule has 1 saturated heterocycles. The lowest BCUT2D eigenvalue weighted by Crippen LogP contribution is -2.39. The van der Waals surface area contributed by atoms with E-state index in [1.54, 1.807) is 6.20 Å². The number of fused-ring (bicyclic) bond motifs is 2. The highest BCUT2D eigenvalue weighted by Gasteiger charge is 2.31. The fourth-order valence-electron chi connectivity index (χ4n) is 4.17. The highest BCUT2D eigenvalue weighted by atomic mass is 16.5. The fourth-order valence-corrected chi connectivity index (χ4v) is 4.17. The average molecular weight is 351 g/mol. The lowest BCUT2D eigenvalue weighted by Gasteiger charge is -2.32. The van der Waals surface area contributed by atoms with Crippen LogP contribution in [0.25, 0.3) is 11.0 Å². The van der Waals surface area contributed by atoms with Crippen LogP contribution < -0.4 is 0 Å². The van der Waals surface area contributed by atoms with Crippen molar-refractivity contribution in [2.45, 2.75) is 44.4 Å². The lowest BCUT2D eigenvalue weighted by molar-refractivity contribution is 0.0694. The summed E-state index contributed by atoms with van der Waals surface area (Å²) in [7, 11) is 0. The summed E-state index contributed by atoms with van der Waals surface area (Å²) in [4.78, 5) is 19.7. The van der Waals surface area contributed by atoms with E-state index in [2.05, 4.69) is 21.4 Å². The average Bonchev–Trinajstić information content (AvgIpc) is 3.33. The number of nitrogens with one attached hydrogen (secondary N) is 1. The molecule has 5 rings (SSSR count). The zero-order valence-corrected chi connectivity index (χ0v) is 14.6. The van der Waals surface area contributed by atoms with Gasteiger partial charge in [-0.1, -0.05) is 5.16 Å². The first kappa shape index (κ1) is 15.5. The van der Waals surface area contributed by atoms with Crippen LogP contribution in [0.2, 0.25) is 0 Å². The minimum absolute atomic E-state index is 0.00391. The molecule has 7 heteroatoms. The monoisotopic (exact) mass is 351 g/mol. The second kappa shape index (κ2) is 6.23. The van der Waals surface area contributed by atoms with Crippen LogP contribution in [-0.2, 0) is 12.8 Å². The van der Waals surface area contributed by atoms with Gasteiger partial charge in [0.1, 0.15) is 5.76 Å². The van der Waals surface area contributed by atoms with Gasteiger partial charge in [-0.3, -0.25) is 9.89 Å². The summed E-state index contributed by atoms with van der Waals surface area (Å²) in [6.07, 6.45) is 7.79. The molecule has 1 aliphatic carbocycles. The second-order valence-electron chi connectivity index (χ2n) is 7.27. The predicted octanol–water partition coefficient (Wildman–Crippen LogP) is 2.84. The van der Waals surface area contributed by atoms with Crippen LogP contribution in [0, 0.1) is 0 Å². The summed E-state index contributed by atoms with van der Waals surface area (Å²) in [6, 6.07) is 4.09. The quantitative estimate of drug-likeness (QED) is 0.767. The molecule has 3 aromatic rings. The number of rotatable bonds is 2. The molecule has 0 unspecified atom stereocenters. The van der Waals surface area contributed by atoms with Crippen LogP contribution in [0.15, 0.2) is 22.9 Å². The van der Waals surface area contributed by atoms with Crippen molar-refractivity contribution in [1.29, 1.82) is 0 Å². The molecule has 0 aromatic carbocycles. The summed E-state index contributed by atoms with van der Waals surface area (Å²) >= 11 is 0. The molecule has 0 spiro atoms. The van der Waals surface area contributed by atoms with Gasteiger partial charge in [0.2, 0.25) is 0 Å². The van der Waals surface area contributed by atoms with Crippen LogP contribution in [-0.4, -0.2) is 44.2 Å². The molecule has 1 atom stereocenters. The van der Waals surface area contributed by atoms with Crippen molar-refractivity contribution in [1.82, 2.24) is 25.2 Å². The van der Waals surface area contributed by atoms with Crippen molar-refractivity contribution in [2.75, 3.05) is 13.1 Å². The molecule has 3 aromatic heterocycles. The molecule has 1 N–H and O–H groups in total. The Morgan fingerprint density at radius 1 is 1.23 bits per heavy atom. The molecule has 26 heavy (non-hydrogen) atoms. The van der Waals surface area contributed by atoms with Gasteiger partial charge in [-0.05, 0) is 44.2 Å². The van der Waals surface area contributed by atoms with Crippen molar-refractivity contribution < 1.29 is 9.32 Å². The van der Waals surface area contributed by atoms with E-state index in [0.717, 1.165) is 73.1 Å². The molecule has 4 heterocycles. The van der Waals surface area contributed by atoms with E-state index in [4.69, 9.17) is 9.51 Å². The van der Waals surface area contributed by atoms with Gasteiger partial charge in [-0.2, -0.15) is 5.10 Å². The Morgan fingerprint density at radius 2 is 2.15 bits per heavy atom. The Morgan fingerprint density at radius 3 is 3.12 bits per heavy atom. The Labute approximate surface area is 150 Å². The van der Waals surface area contributed by atoms with Crippen LogP contribution in [0.3, 0.4) is 0 Å². The van der Waals surface area contributed by atoms with Gasteiger partial charge >= 0.3 is 0 Å². The van der Waals surface area contributed by atoms with Crippen molar-refractivity contribution in [3.05, 3.63) is 41.0 Å². The van der Waals surface area contributed by atoms with Gasteiger partial charge in [0.25, 0.3) is 5.91 Å². The Balaban J connectivity index is 1.38. The van der Waals surface area contributed by atoms with Crippen LogP contribution >= 0.6 is 0 Å². The lowest BCUT2D eigenvalue weighted by atomic mass is 9.92. The number of pyridine rings is 1. The smallest absolute Gasteiger partial charge is 0.276 e. The van der Waals surface area contributed by atoms with E-state index in [-0.39, 0.29) is 11.8 Å². The number of carbonyl (C=O) groups is 1. The largest absolute Gasteiger partial charge is 0.360 e. The van der Waals surface area contributed by atoms with Crippen molar-refractivity contribution in [3.63, 3.8) is 0 Å². The molecule has 1 aliphatic heterocycles. The number of aryl methyl sites for hydroxylation is 1. The molecule has 2 aliphatic rings. The number of hydrogen-bond acceptors (Lipinski definition) is 5. The number of aromatic nitrogens is 4. The van der Waals surface area contributed by atoms with E-state index in [1.165, 1.54) is 0 Å². The number of aromatic amines is 1. The molecule has 0 bridgehead atoms. The van der Waals surface area contributed by atoms with Crippen molar-refractivity contribution >= 4 is 16.9 Å². The SMILES string of the molecule is O=C(c1noc2c1CCCC2)N1CCC[C@H](c2ccc3cn[nH]c3n2)C1. The zero-order valence-electron chi connectivity index (χ0n) is 14.6. The first-order valence-corrected chi connectivity index (χ1v) is 9.36. The minimum Gasteiger partial charge on any atom is -0.360 e. The Bertz CT molecular complexity index is 960. The molecule has 7 nitrogen and oxygen atoms in total. The maximum atomic E-state index is 13.0. The van der Waals surface area contributed by atoms with Gasteiger partial charge in [0.15, 0.2) is 11.3 Å². The normalized spacial score (nSPS) is 20.3.